The summed E-state index contributed by atoms with van der Waals surface area (Å²) in [6.45, 7) is 13.3. The highest BCUT2D eigenvalue weighted by molar-refractivity contribution is 6.63. The maximum atomic E-state index is 11.9. The van der Waals surface area contributed by atoms with Gasteiger partial charge in [0, 0.05) is 17.5 Å². The summed E-state index contributed by atoms with van der Waals surface area (Å²) in [6.07, 6.45) is 0.736. The zero-order chi connectivity index (χ0) is 19.0. The van der Waals surface area contributed by atoms with Gasteiger partial charge in [0.1, 0.15) is 5.60 Å². The molecule has 0 unspecified atom stereocenters. The number of hydrogen-bond acceptors (Lipinski definition) is 5. The zero-order valence-corrected chi connectivity index (χ0v) is 16.0. The quantitative estimate of drug-likeness (QED) is 0.506. The Balaban J connectivity index is 2.31. The third-order valence-corrected chi connectivity index (χ3v) is 4.37. The van der Waals surface area contributed by atoms with Crippen LogP contribution in [0, 0.1) is 0 Å². The second-order valence-electron chi connectivity index (χ2n) is 8.18. The van der Waals surface area contributed by atoms with Gasteiger partial charge in [-0.15, -0.1) is 0 Å². The molecule has 0 aliphatic carbocycles. The van der Waals surface area contributed by atoms with E-state index < -0.39 is 30.0 Å². The fourth-order valence-corrected chi connectivity index (χ4v) is 2.33. The number of amides is 1. The van der Waals surface area contributed by atoms with Crippen LogP contribution in [0.25, 0.3) is 0 Å². The van der Waals surface area contributed by atoms with Crippen LogP contribution >= 0.6 is 0 Å². The number of carbonyl (C=O) groups is 1. The summed E-state index contributed by atoms with van der Waals surface area (Å²) < 4.78 is 17.3. The minimum atomic E-state index is -0.671. The summed E-state index contributed by atoms with van der Waals surface area (Å²) in [6, 6.07) is 5.42. The van der Waals surface area contributed by atoms with E-state index in [0.717, 1.165) is 5.46 Å². The van der Waals surface area contributed by atoms with Gasteiger partial charge >= 0.3 is 13.2 Å². The number of hydrogen-bond donors (Lipinski definition) is 1. The van der Waals surface area contributed by atoms with E-state index in [9.17, 15) is 4.79 Å². The van der Waals surface area contributed by atoms with Crippen LogP contribution < -0.4 is 11.2 Å². The molecule has 1 aromatic rings. The van der Waals surface area contributed by atoms with Crippen molar-refractivity contribution in [1.29, 1.82) is 0 Å². The molecule has 7 heteroatoms. The van der Waals surface area contributed by atoms with E-state index in [1.807, 2.05) is 39.8 Å². The summed E-state index contributed by atoms with van der Waals surface area (Å²) in [5, 5.41) is 0. The predicted octanol–water partition coefficient (Wildman–Crippen LogP) is 2.92. The Morgan fingerprint density at radius 3 is 2.28 bits per heavy atom. The molecule has 1 fully saturated rings. The molecule has 0 spiro atoms. The van der Waals surface area contributed by atoms with Crippen LogP contribution in [0.3, 0.4) is 0 Å². The lowest BCUT2D eigenvalue weighted by molar-refractivity contribution is 0.00578. The average Bonchev–Trinajstić information content (AvgIpc) is 2.63. The molecule has 1 aliphatic heterocycles. The van der Waals surface area contributed by atoms with Gasteiger partial charge in [0.05, 0.1) is 11.2 Å². The SMILES string of the molecule is CC(C)(C)OC(=O)N=Cc1c(N)cccc1B1OC(C)(C)C(C)(C)O1. The van der Waals surface area contributed by atoms with Crippen LogP contribution in [-0.2, 0) is 14.0 Å². The highest BCUT2D eigenvalue weighted by Gasteiger charge is 2.52. The van der Waals surface area contributed by atoms with Gasteiger partial charge in [-0.25, -0.2) is 4.79 Å². The van der Waals surface area contributed by atoms with Crippen molar-refractivity contribution in [2.75, 3.05) is 5.73 Å². The normalized spacial score (nSPS) is 19.4. The fourth-order valence-electron chi connectivity index (χ4n) is 2.33. The van der Waals surface area contributed by atoms with Crippen molar-refractivity contribution in [2.24, 2.45) is 4.99 Å². The highest BCUT2D eigenvalue weighted by Crippen LogP contribution is 2.36. The van der Waals surface area contributed by atoms with E-state index in [1.165, 1.54) is 6.21 Å². The fraction of sp³-hybridized carbons (Fsp3) is 0.556. The molecule has 2 rings (SSSR count). The largest absolute Gasteiger partial charge is 0.495 e. The molecule has 0 saturated carbocycles. The maximum Gasteiger partial charge on any atom is 0.495 e. The first-order valence-electron chi connectivity index (χ1n) is 8.33. The molecule has 6 nitrogen and oxygen atoms in total. The third-order valence-electron chi connectivity index (χ3n) is 4.37. The molecule has 1 saturated heterocycles. The monoisotopic (exact) mass is 346 g/mol. The molecule has 1 aliphatic rings. The number of rotatable bonds is 2. The molecular weight excluding hydrogens is 319 g/mol. The van der Waals surface area contributed by atoms with Crippen LogP contribution in [0.5, 0.6) is 0 Å². The molecule has 0 aromatic heterocycles. The lowest BCUT2D eigenvalue weighted by atomic mass is 9.75. The Labute approximate surface area is 149 Å². The van der Waals surface area contributed by atoms with Crippen LogP contribution in [0.1, 0.15) is 54.0 Å². The smallest absolute Gasteiger partial charge is 0.442 e. The Kier molecular flexibility index (Phi) is 5.03. The molecule has 0 radical (unpaired) electrons. The van der Waals surface area contributed by atoms with Gasteiger partial charge in [0.15, 0.2) is 0 Å². The summed E-state index contributed by atoms with van der Waals surface area (Å²) >= 11 is 0. The topological polar surface area (TPSA) is 83.1 Å². The first-order chi connectivity index (χ1) is 11.3. The van der Waals surface area contributed by atoms with Crippen molar-refractivity contribution in [3.63, 3.8) is 0 Å². The first-order valence-corrected chi connectivity index (χ1v) is 8.33. The van der Waals surface area contributed by atoms with Gasteiger partial charge in [0.25, 0.3) is 0 Å². The van der Waals surface area contributed by atoms with Crippen molar-refractivity contribution in [2.45, 2.75) is 65.3 Å². The van der Waals surface area contributed by atoms with Crippen LogP contribution in [0.4, 0.5) is 10.5 Å². The van der Waals surface area contributed by atoms with Gasteiger partial charge in [-0.3, -0.25) is 0 Å². The Morgan fingerprint density at radius 2 is 1.76 bits per heavy atom. The summed E-state index contributed by atoms with van der Waals surface area (Å²) in [7, 11) is -0.589. The highest BCUT2D eigenvalue weighted by atomic mass is 16.7. The number of ether oxygens (including phenoxy) is 1. The molecule has 2 N–H and O–H groups in total. The molecule has 136 valence electrons. The minimum Gasteiger partial charge on any atom is -0.442 e. The molecule has 25 heavy (non-hydrogen) atoms. The third kappa shape index (κ3) is 4.41. The molecule has 1 aromatic carbocycles. The van der Waals surface area contributed by atoms with Gasteiger partial charge in [-0.05, 0) is 60.0 Å². The first kappa shape index (κ1) is 19.5. The van der Waals surface area contributed by atoms with Gasteiger partial charge < -0.3 is 19.8 Å². The Bertz CT molecular complexity index is 677. The van der Waals surface area contributed by atoms with Crippen molar-refractivity contribution in [1.82, 2.24) is 0 Å². The number of anilines is 1. The van der Waals surface area contributed by atoms with E-state index in [1.54, 1.807) is 26.8 Å². The second kappa shape index (κ2) is 6.46. The number of nitrogens with two attached hydrogens (primary N) is 1. The molecule has 0 bridgehead atoms. The Hall–Kier alpha value is -1.86. The van der Waals surface area contributed by atoms with Crippen molar-refractivity contribution >= 4 is 30.6 Å². The van der Waals surface area contributed by atoms with Crippen LogP contribution in [-0.4, -0.2) is 36.2 Å². The number of benzene rings is 1. The van der Waals surface area contributed by atoms with Crippen molar-refractivity contribution in [3.05, 3.63) is 23.8 Å². The zero-order valence-electron chi connectivity index (χ0n) is 16.0. The lowest BCUT2D eigenvalue weighted by Gasteiger charge is -2.32. The molecule has 1 heterocycles. The van der Waals surface area contributed by atoms with E-state index >= 15 is 0 Å². The van der Waals surface area contributed by atoms with E-state index in [2.05, 4.69) is 4.99 Å². The van der Waals surface area contributed by atoms with Gasteiger partial charge in [0.2, 0.25) is 0 Å². The second-order valence-corrected chi connectivity index (χ2v) is 8.18. The average molecular weight is 346 g/mol. The molecular formula is C18H27BN2O4. The summed E-state index contributed by atoms with van der Waals surface area (Å²) in [5.41, 5.74) is 6.34. The van der Waals surface area contributed by atoms with Crippen molar-refractivity contribution in [3.8, 4) is 0 Å². The van der Waals surface area contributed by atoms with E-state index in [-0.39, 0.29) is 0 Å². The van der Waals surface area contributed by atoms with E-state index in [4.69, 9.17) is 19.8 Å². The summed E-state index contributed by atoms with van der Waals surface area (Å²) in [5.74, 6) is 0. The van der Waals surface area contributed by atoms with Crippen LogP contribution in [0.15, 0.2) is 23.2 Å². The summed E-state index contributed by atoms with van der Waals surface area (Å²) in [4.78, 5) is 15.7. The maximum absolute atomic E-state index is 11.9. The van der Waals surface area contributed by atoms with E-state index in [0.29, 0.717) is 11.3 Å². The predicted molar refractivity (Wildman–Crippen MR) is 100 cm³/mol. The van der Waals surface area contributed by atoms with Gasteiger partial charge in [-0.2, -0.15) is 4.99 Å². The minimum absolute atomic E-state index is 0.470. The number of aliphatic imine (C=N–C) groups is 1. The van der Waals surface area contributed by atoms with Crippen molar-refractivity contribution < 1.29 is 18.8 Å². The number of carbonyl (C=O) groups excluding carboxylic acids is 1. The number of nitrogen functional groups attached to an aromatic ring is 1. The molecule has 0 atom stereocenters. The standard InChI is InChI=1S/C18H27BN2O4/c1-16(2,3)23-15(22)21-11-12-13(9-8-10-14(12)20)19-24-17(4,5)18(6,7)25-19/h8-11H,20H2,1-7H3. The Morgan fingerprint density at radius 1 is 1.20 bits per heavy atom. The van der Waals surface area contributed by atoms with Gasteiger partial charge in [-0.1, -0.05) is 12.1 Å². The van der Waals surface area contributed by atoms with Crippen LogP contribution in [0.2, 0.25) is 0 Å². The lowest BCUT2D eigenvalue weighted by Crippen LogP contribution is -2.41. The number of nitrogens with zero attached hydrogens (tertiary/aromatic N) is 1. The molecule has 1 amide bonds.